The molecule has 134 valence electrons. The van der Waals surface area contributed by atoms with Crippen molar-refractivity contribution in [3.05, 3.63) is 63.8 Å². The van der Waals surface area contributed by atoms with Crippen LogP contribution in [0.5, 0.6) is 0 Å². The zero-order valence-corrected chi connectivity index (χ0v) is 15.7. The van der Waals surface area contributed by atoms with E-state index in [0.29, 0.717) is 24.6 Å². The van der Waals surface area contributed by atoms with Crippen LogP contribution in [0.3, 0.4) is 0 Å². The summed E-state index contributed by atoms with van der Waals surface area (Å²) in [5.74, 6) is 0.308. The molecule has 0 unspecified atom stereocenters. The van der Waals surface area contributed by atoms with Crippen LogP contribution < -0.4 is 10.9 Å². The van der Waals surface area contributed by atoms with Gasteiger partial charge in [-0.05, 0) is 23.6 Å². The lowest BCUT2D eigenvalue weighted by Gasteiger charge is -2.17. The van der Waals surface area contributed by atoms with E-state index in [0.717, 1.165) is 11.3 Å². The molecular weight excluding hydrogens is 314 g/mol. The van der Waals surface area contributed by atoms with Crippen LogP contribution in [0.25, 0.3) is 0 Å². The lowest BCUT2D eigenvalue weighted by Crippen LogP contribution is -2.27. The molecule has 25 heavy (non-hydrogen) atoms. The van der Waals surface area contributed by atoms with E-state index in [9.17, 15) is 9.59 Å². The number of carbonyl (C=O) groups is 1. The predicted molar refractivity (Wildman–Crippen MR) is 99.9 cm³/mol. The first-order valence-electron chi connectivity index (χ1n) is 8.61. The fourth-order valence-electron chi connectivity index (χ4n) is 2.36. The number of benzene rings is 1. The highest BCUT2D eigenvalue weighted by Crippen LogP contribution is 2.17. The first kappa shape index (κ1) is 18.9. The standard InChI is InChI=1S/C20H27N3O2/c1-14(2)11-21-19(25)16-8-6-7-15(9-16)12-23-13-22-17(10-18(23)24)20(3,4)5/h6-10,13-14H,11-12H2,1-5H3,(H,21,25). The molecule has 0 aliphatic carbocycles. The molecule has 0 aliphatic heterocycles. The summed E-state index contributed by atoms with van der Waals surface area (Å²) in [6, 6.07) is 8.92. The van der Waals surface area contributed by atoms with E-state index in [1.807, 2.05) is 39.0 Å². The molecule has 2 rings (SSSR count). The highest BCUT2D eigenvalue weighted by Gasteiger charge is 2.16. The van der Waals surface area contributed by atoms with Gasteiger partial charge < -0.3 is 5.32 Å². The summed E-state index contributed by atoms with van der Waals surface area (Å²) in [7, 11) is 0. The SMILES string of the molecule is CC(C)CNC(=O)c1cccc(Cn2cnc(C(C)(C)C)cc2=O)c1. The van der Waals surface area contributed by atoms with Gasteiger partial charge in [0.2, 0.25) is 0 Å². The van der Waals surface area contributed by atoms with Gasteiger partial charge in [-0.2, -0.15) is 0 Å². The maximum absolute atomic E-state index is 12.3. The minimum absolute atomic E-state index is 0.0883. The molecule has 5 nitrogen and oxygen atoms in total. The monoisotopic (exact) mass is 341 g/mol. The van der Waals surface area contributed by atoms with Gasteiger partial charge in [-0.15, -0.1) is 0 Å². The van der Waals surface area contributed by atoms with Gasteiger partial charge in [0.25, 0.3) is 11.5 Å². The Hall–Kier alpha value is -2.43. The van der Waals surface area contributed by atoms with Crippen molar-refractivity contribution in [3.8, 4) is 0 Å². The van der Waals surface area contributed by atoms with E-state index in [2.05, 4.69) is 24.1 Å². The highest BCUT2D eigenvalue weighted by atomic mass is 16.1. The topological polar surface area (TPSA) is 64.0 Å². The van der Waals surface area contributed by atoms with Gasteiger partial charge in [-0.1, -0.05) is 46.8 Å². The van der Waals surface area contributed by atoms with Gasteiger partial charge in [0, 0.05) is 23.6 Å². The Morgan fingerprint density at radius 3 is 2.56 bits per heavy atom. The number of hydrogen-bond acceptors (Lipinski definition) is 3. The van der Waals surface area contributed by atoms with E-state index in [-0.39, 0.29) is 16.9 Å². The molecule has 1 amide bonds. The van der Waals surface area contributed by atoms with Crippen LogP contribution in [-0.2, 0) is 12.0 Å². The molecule has 1 N–H and O–H groups in total. The third-order valence-corrected chi connectivity index (χ3v) is 3.86. The molecule has 0 bridgehead atoms. The first-order valence-corrected chi connectivity index (χ1v) is 8.61. The number of carbonyl (C=O) groups excluding carboxylic acids is 1. The first-order chi connectivity index (χ1) is 11.7. The Labute approximate surface area is 149 Å². The van der Waals surface area contributed by atoms with Crippen molar-refractivity contribution in [2.45, 2.75) is 46.6 Å². The average Bonchev–Trinajstić information content (AvgIpc) is 2.53. The molecule has 0 spiro atoms. The molecule has 0 saturated carbocycles. The quantitative estimate of drug-likeness (QED) is 0.909. The lowest BCUT2D eigenvalue weighted by molar-refractivity contribution is 0.0949. The Morgan fingerprint density at radius 1 is 1.24 bits per heavy atom. The van der Waals surface area contributed by atoms with Crippen LogP contribution in [0.4, 0.5) is 0 Å². The second kappa shape index (κ2) is 7.64. The van der Waals surface area contributed by atoms with Gasteiger partial charge in [-0.3, -0.25) is 14.2 Å². The summed E-state index contributed by atoms with van der Waals surface area (Å²) in [5, 5.41) is 2.91. The molecular formula is C20H27N3O2. The largest absolute Gasteiger partial charge is 0.352 e. The van der Waals surface area contributed by atoms with Gasteiger partial charge in [0.05, 0.1) is 18.6 Å². The number of rotatable bonds is 5. The van der Waals surface area contributed by atoms with Gasteiger partial charge >= 0.3 is 0 Å². The fraction of sp³-hybridized carbons (Fsp3) is 0.450. The minimum Gasteiger partial charge on any atom is -0.352 e. The molecule has 0 saturated heterocycles. The number of nitrogens with one attached hydrogen (secondary N) is 1. The summed E-state index contributed by atoms with van der Waals surface area (Å²) in [6.45, 7) is 11.2. The van der Waals surface area contributed by atoms with E-state index >= 15 is 0 Å². The molecule has 0 fully saturated rings. The second-order valence-corrected chi connectivity index (χ2v) is 7.79. The van der Waals surface area contributed by atoms with Crippen molar-refractivity contribution in [2.75, 3.05) is 6.54 Å². The van der Waals surface area contributed by atoms with E-state index < -0.39 is 0 Å². The highest BCUT2D eigenvalue weighted by molar-refractivity contribution is 5.94. The summed E-state index contributed by atoms with van der Waals surface area (Å²) in [6.07, 6.45) is 1.58. The molecule has 1 aromatic carbocycles. The molecule has 1 heterocycles. The number of hydrogen-bond donors (Lipinski definition) is 1. The molecule has 2 aromatic rings. The van der Waals surface area contributed by atoms with Crippen molar-refractivity contribution >= 4 is 5.91 Å². The van der Waals surface area contributed by atoms with Crippen LogP contribution in [0.2, 0.25) is 0 Å². The van der Waals surface area contributed by atoms with Crippen molar-refractivity contribution in [1.29, 1.82) is 0 Å². The maximum Gasteiger partial charge on any atom is 0.253 e. The van der Waals surface area contributed by atoms with Gasteiger partial charge in [-0.25, -0.2) is 4.98 Å². The number of nitrogens with zero attached hydrogens (tertiary/aromatic N) is 2. The second-order valence-electron chi connectivity index (χ2n) is 7.79. The smallest absolute Gasteiger partial charge is 0.253 e. The number of aromatic nitrogens is 2. The third kappa shape index (κ3) is 5.28. The zero-order valence-electron chi connectivity index (χ0n) is 15.7. The molecule has 1 aromatic heterocycles. The average molecular weight is 341 g/mol. The Morgan fingerprint density at radius 2 is 1.96 bits per heavy atom. The van der Waals surface area contributed by atoms with Crippen LogP contribution in [0.15, 0.2) is 41.5 Å². The number of amides is 1. The van der Waals surface area contributed by atoms with Crippen molar-refractivity contribution in [2.24, 2.45) is 5.92 Å². The van der Waals surface area contributed by atoms with E-state index in [1.54, 1.807) is 23.0 Å². The minimum atomic E-state index is -0.160. The maximum atomic E-state index is 12.3. The molecule has 5 heteroatoms. The van der Waals surface area contributed by atoms with Crippen LogP contribution in [0.1, 0.15) is 56.2 Å². The summed E-state index contributed by atoms with van der Waals surface area (Å²) in [4.78, 5) is 28.9. The normalized spacial score (nSPS) is 11.6. The molecule has 0 radical (unpaired) electrons. The Kier molecular flexibility index (Phi) is 5.77. The summed E-state index contributed by atoms with van der Waals surface area (Å²) < 4.78 is 1.56. The van der Waals surface area contributed by atoms with E-state index in [4.69, 9.17) is 0 Å². The van der Waals surface area contributed by atoms with Crippen LogP contribution in [-0.4, -0.2) is 22.0 Å². The third-order valence-electron chi connectivity index (χ3n) is 3.86. The molecule has 0 atom stereocenters. The predicted octanol–water partition coefficient (Wildman–Crippen LogP) is 2.97. The Bertz CT molecular complexity index is 801. The zero-order chi connectivity index (χ0) is 18.6. The van der Waals surface area contributed by atoms with Crippen molar-refractivity contribution < 1.29 is 4.79 Å². The van der Waals surface area contributed by atoms with Gasteiger partial charge in [0.15, 0.2) is 0 Å². The molecule has 0 aliphatic rings. The fourth-order valence-corrected chi connectivity index (χ4v) is 2.36. The summed E-state index contributed by atoms with van der Waals surface area (Å²) in [5.41, 5.74) is 2.02. The van der Waals surface area contributed by atoms with Crippen LogP contribution in [0, 0.1) is 5.92 Å². The Balaban J connectivity index is 2.17. The van der Waals surface area contributed by atoms with Crippen molar-refractivity contribution in [3.63, 3.8) is 0 Å². The van der Waals surface area contributed by atoms with E-state index in [1.165, 1.54) is 0 Å². The van der Waals surface area contributed by atoms with Gasteiger partial charge in [0.1, 0.15) is 0 Å². The van der Waals surface area contributed by atoms with Crippen LogP contribution >= 0.6 is 0 Å². The van der Waals surface area contributed by atoms with Crippen molar-refractivity contribution in [1.82, 2.24) is 14.9 Å². The lowest BCUT2D eigenvalue weighted by atomic mass is 9.92. The summed E-state index contributed by atoms with van der Waals surface area (Å²) >= 11 is 0.